The Morgan fingerprint density at radius 2 is 1.21 bits per heavy atom. The Bertz CT molecular complexity index is 2140. The molecule has 1 heterocycles. The molecule has 1 fully saturated rings. The van der Waals surface area contributed by atoms with Gasteiger partial charge in [-0.1, -0.05) is 159 Å². The van der Waals surface area contributed by atoms with Gasteiger partial charge in [-0.25, -0.2) is 0 Å². The van der Waals surface area contributed by atoms with E-state index < -0.39 is 0 Å². The van der Waals surface area contributed by atoms with Crippen molar-refractivity contribution in [3.8, 4) is 16.9 Å². The van der Waals surface area contributed by atoms with Crippen LogP contribution in [0.2, 0.25) is 0 Å². The Morgan fingerprint density at radius 3 is 1.78 bits per heavy atom. The Hall–Kier alpha value is -4.68. The van der Waals surface area contributed by atoms with Gasteiger partial charge in [-0.15, -0.1) is 0 Å². The largest absolute Gasteiger partial charge is 0.494 e. The fourth-order valence-corrected chi connectivity index (χ4v) is 10.6. The van der Waals surface area contributed by atoms with Gasteiger partial charge >= 0.3 is 0 Å². The number of hydrogen-bond acceptors (Lipinski definition) is 5. The van der Waals surface area contributed by atoms with Crippen LogP contribution in [0.25, 0.3) is 23.3 Å². The topological polar surface area (TPSA) is 43.0 Å². The van der Waals surface area contributed by atoms with Crippen LogP contribution in [-0.4, -0.2) is 45.1 Å². The number of rotatable bonds is 25. The zero-order valence-corrected chi connectivity index (χ0v) is 39.9. The lowest BCUT2D eigenvalue weighted by Crippen LogP contribution is -2.60. The number of unbranched alkanes of at least 4 members (excludes halogenated alkanes) is 1. The van der Waals surface area contributed by atoms with Gasteiger partial charge in [-0.05, 0) is 128 Å². The average Bonchev–Trinajstić information content (AvgIpc) is 3.33. The monoisotopic (exact) mass is 849 g/mol. The molecule has 5 nitrogen and oxygen atoms in total. The summed E-state index contributed by atoms with van der Waals surface area (Å²) in [6.45, 7) is 23.3. The standard InChI is InChI=1S/C58H76N2O3/c1-9-56(10-2,58(13-5,14-6)59-15-7)50-35-31-46(32-36-50)29-30-47-33-37-52(38-34-47)60(57(11-3,12-4)51-25-17-16-18-26-51)53-27-21-23-48(41-53)49-24-22-28-54(42-49)63-40-20-19-39-61-43-55(8)44-62-45-55/h16-18,21-38,41-42,59H,9-15,19-20,39-40,43-45H2,1-8H3/b30-29+. The van der Waals surface area contributed by atoms with Crippen molar-refractivity contribution in [2.75, 3.05) is 44.5 Å². The number of ether oxygens (including phenoxy) is 3. The third-order valence-electron chi connectivity index (χ3n) is 14.4. The zero-order valence-electron chi connectivity index (χ0n) is 39.9. The van der Waals surface area contributed by atoms with E-state index in [2.05, 4.69) is 205 Å². The first-order valence-corrected chi connectivity index (χ1v) is 24.2. The predicted octanol–water partition coefficient (Wildman–Crippen LogP) is 14.8. The summed E-state index contributed by atoms with van der Waals surface area (Å²) in [7, 11) is 0. The summed E-state index contributed by atoms with van der Waals surface area (Å²) in [6.07, 6.45) is 12.8. The lowest BCUT2D eigenvalue weighted by Gasteiger charge is -2.51. The first-order chi connectivity index (χ1) is 30.7. The maximum absolute atomic E-state index is 6.26. The Kier molecular flexibility index (Phi) is 16.9. The van der Waals surface area contributed by atoms with Crippen LogP contribution in [0.4, 0.5) is 11.4 Å². The first-order valence-electron chi connectivity index (χ1n) is 24.2. The summed E-state index contributed by atoms with van der Waals surface area (Å²) in [6, 6.07) is 47.1. The lowest BCUT2D eigenvalue weighted by atomic mass is 9.59. The van der Waals surface area contributed by atoms with Crippen LogP contribution in [0.1, 0.15) is 129 Å². The second-order valence-corrected chi connectivity index (χ2v) is 18.1. The highest BCUT2D eigenvalue weighted by molar-refractivity contribution is 5.76. The molecule has 0 unspecified atom stereocenters. The molecule has 1 aliphatic heterocycles. The van der Waals surface area contributed by atoms with Crippen LogP contribution in [0, 0.1) is 5.41 Å². The van der Waals surface area contributed by atoms with E-state index in [0.29, 0.717) is 6.61 Å². The fraction of sp³-hybridized carbons (Fsp3) is 0.448. The Morgan fingerprint density at radius 1 is 0.603 bits per heavy atom. The second kappa shape index (κ2) is 22.3. The molecule has 0 aliphatic carbocycles. The molecule has 0 atom stereocenters. The maximum Gasteiger partial charge on any atom is 0.119 e. The fourth-order valence-electron chi connectivity index (χ4n) is 10.6. The molecule has 0 saturated carbocycles. The summed E-state index contributed by atoms with van der Waals surface area (Å²) in [5.41, 5.74) is 9.88. The summed E-state index contributed by atoms with van der Waals surface area (Å²) in [5, 5.41) is 3.95. The third kappa shape index (κ3) is 10.7. The number of nitrogens with one attached hydrogen (secondary N) is 1. The molecule has 0 bridgehead atoms. The highest BCUT2D eigenvalue weighted by atomic mass is 16.5. The number of nitrogens with zero attached hydrogens (tertiary/aromatic N) is 1. The van der Waals surface area contributed by atoms with E-state index in [9.17, 15) is 0 Å². The lowest BCUT2D eigenvalue weighted by molar-refractivity contribution is -0.138. The minimum atomic E-state index is -0.261. The number of hydrogen-bond donors (Lipinski definition) is 1. The van der Waals surface area contributed by atoms with Gasteiger partial charge in [0, 0.05) is 34.4 Å². The van der Waals surface area contributed by atoms with E-state index >= 15 is 0 Å². The van der Waals surface area contributed by atoms with E-state index in [1.165, 1.54) is 27.9 Å². The SMILES string of the molecule is CCNC(CC)(CC)C(CC)(CC)c1ccc(/C=C/c2ccc(N(c3cccc(-c4cccc(OCCCCOCC5(C)COC5)c4)c3)C(CC)(CC)c3ccccc3)cc2)cc1. The van der Waals surface area contributed by atoms with Gasteiger partial charge in [0.25, 0.3) is 0 Å². The molecule has 1 aliphatic rings. The highest BCUT2D eigenvalue weighted by Crippen LogP contribution is 2.47. The summed E-state index contributed by atoms with van der Waals surface area (Å²) in [4.78, 5) is 2.58. The van der Waals surface area contributed by atoms with Crippen molar-refractivity contribution in [3.05, 3.63) is 150 Å². The van der Waals surface area contributed by atoms with Crippen molar-refractivity contribution in [3.63, 3.8) is 0 Å². The number of benzene rings is 5. The zero-order chi connectivity index (χ0) is 44.8. The summed E-state index contributed by atoms with van der Waals surface area (Å²) >= 11 is 0. The summed E-state index contributed by atoms with van der Waals surface area (Å²) in [5.74, 6) is 0.893. The van der Waals surface area contributed by atoms with E-state index in [1.54, 1.807) is 0 Å². The minimum Gasteiger partial charge on any atom is -0.494 e. The normalized spacial score (nSPS) is 14.2. The summed E-state index contributed by atoms with van der Waals surface area (Å²) < 4.78 is 17.5. The molecule has 0 spiro atoms. The van der Waals surface area contributed by atoms with Crippen molar-refractivity contribution in [2.45, 2.75) is 123 Å². The quantitative estimate of drug-likeness (QED) is 0.0468. The van der Waals surface area contributed by atoms with Gasteiger partial charge < -0.3 is 24.4 Å². The molecule has 5 aromatic carbocycles. The number of likely N-dealkylation sites (N-methyl/N-ethyl adjacent to an activating group) is 1. The van der Waals surface area contributed by atoms with E-state index in [4.69, 9.17) is 14.2 Å². The maximum atomic E-state index is 6.26. The van der Waals surface area contributed by atoms with Crippen LogP contribution in [0.15, 0.2) is 127 Å². The van der Waals surface area contributed by atoms with E-state index in [-0.39, 0.29) is 21.9 Å². The molecule has 336 valence electrons. The van der Waals surface area contributed by atoms with E-state index in [0.717, 1.165) is 107 Å². The van der Waals surface area contributed by atoms with Crippen LogP contribution in [0.5, 0.6) is 5.75 Å². The van der Waals surface area contributed by atoms with Gasteiger partial charge in [0.15, 0.2) is 0 Å². The Labute approximate surface area is 381 Å². The first kappa shape index (κ1) is 47.8. The van der Waals surface area contributed by atoms with Crippen LogP contribution >= 0.6 is 0 Å². The molecule has 1 saturated heterocycles. The second-order valence-electron chi connectivity index (χ2n) is 18.1. The molecule has 0 radical (unpaired) electrons. The molecule has 1 N–H and O–H groups in total. The highest BCUT2D eigenvalue weighted by Gasteiger charge is 2.47. The van der Waals surface area contributed by atoms with Crippen molar-refractivity contribution < 1.29 is 14.2 Å². The van der Waals surface area contributed by atoms with Gasteiger partial charge in [-0.3, -0.25) is 0 Å². The van der Waals surface area contributed by atoms with Crippen LogP contribution in [0.3, 0.4) is 0 Å². The van der Waals surface area contributed by atoms with Crippen LogP contribution < -0.4 is 15.0 Å². The van der Waals surface area contributed by atoms with E-state index in [1.807, 2.05) is 0 Å². The molecule has 5 aromatic rings. The smallest absolute Gasteiger partial charge is 0.119 e. The number of anilines is 2. The molecular weight excluding hydrogens is 773 g/mol. The third-order valence-corrected chi connectivity index (χ3v) is 14.4. The average molecular weight is 849 g/mol. The molecule has 6 rings (SSSR count). The predicted molar refractivity (Wildman–Crippen MR) is 268 cm³/mol. The minimum absolute atomic E-state index is 0.0771. The van der Waals surface area contributed by atoms with Crippen molar-refractivity contribution in [1.82, 2.24) is 5.32 Å². The van der Waals surface area contributed by atoms with Gasteiger partial charge in [0.05, 0.1) is 32.0 Å². The van der Waals surface area contributed by atoms with Crippen LogP contribution in [-0.2, 0) is 20.4 Å². The van der Waals surface area contributed by atoms with Crippen molar-refractivity contribution >= 4 is 23.5 Å². The molecule has 0 amide bonds. The molecule has 5 heteroatoms. The molecule has 0 aromatic heterocycles. The van der Waals surface area contributed by atoms with Gasteiger partial charge in [-0.2, -0.15) is 0 Å². The Balaban J connectivity index is 1.23. The molecule has 63 heavy (non-hydrogen) atoms. The molecular formula is C58H76N2O3. The van der Waals surface area contributed by atoms with Gasteiger partial charge in [0.1, 0.15) is 5.75 Å². The van der Waals surface area contributed by atoms with Crippen molar-refractivity contribution in [2.24, 2.45) is 5.41 Å². The van der Waals surface area contributed by atoms with Crippen molar-refractivity contribution in [1.29, 1.82) is 0 Å². The van der Waals surface area contributed by atoms with Gasteiger partial charge in [0.2, 0.25) is 0 Å².